The fourth-order valence-electron chi connectivity index (χ4n) is 3.28. The molecule has 0 aromatic heterocycles. The van der Waals surface area contributed by atoms with Crippen LogP contribution in [0.25, 0.3) is 28.0 Å². The molecule has 1 heterocycles. The van der Waals surface area contributed by atoms with Gasteiger partial charge in [0, 0.05) is 18.0 Å². The van der Waals surface area contributed by atoms with Crippen LogP contribution in [-0.4, -0.2) is 0 Å². The van der Waals surface area contributed by atoms with Gasteiger partial charge in [-0.1, -0.05) is 79.4 Å². The zero-order valence-corrected chi connectivity index (χ0v) is 14.0. The Kier molecular flexibility index (Phi) is 4.05. The van der Waals surface area contributed by atoms with Crippen LogP contribution in [0.4, 0.5) is 5.69 Å². The van der Waals surface area contributed by atoms with Crippen molar-refractivity contribution in [1.82, 2.24) is 0 Å². The molecule has 0 saturated heterocycles. The quantitative estimate of drug-likeness (QED) is 0.528. The van der Waals surface area contributed by atoms with Crippen molar-refractivity contribution in [1.29, 1.82) is 0 Å². The molecule has 25 heavy (non-hydrogen) atoms. The Morgan fingerprint density at radius 1 is 0.720 bits per heavy atom. The molecule has 120 valence electrons. The molecule has 1 heteroatoms. The summed E-state index contributed by atoms with van der Waals surface area (Å²) >= 11 is 0. The van der Waals surface area contributed by atoms with E-state index >= 15 is 0 Å². The van der Waals surface area contributed by atoms with E-state index < -0.39 is 0 Å². The topological polar surface area (TPSA) is 3.24 Å². The van der Waals surface area contributed by atoms with Gasteiger partial charge >= 0.3 is 0 Å². The summed E-state index contributed by atoms with van der Waals surface area (Å²) in [7, 11) is 0. The molecule has 1 aliphatic heterocycles. The van der Waals surface area contributed by atoms with Crippen molar-refractivity contribution in [2.75, 3.05) is 4.90 Å². The highest BCUT2D eigenvalue weighted by atomic mass is 15.1. The van der Waals surface area contributed by atoms with E-state index in [4.69, 9.17) is 0 Å². The second kappa shape index (κ2) is 6.66. The van der Waals surface area contributed by atoms with Crippen molar-refractivity contribution in [2.45, 2.75) is 0 Å². The molecule has 4 rings (SSSR count). The summed E-state index contributed by atoms with van der Waals surface area (Å²) in [6.45, 7) is 4.00. The third kappa shape index (κ3) is 2.81. The summed E-state index contributed by atoms with van der Waals surface area (Å²) in [4.78, 5) is 2.17. The smallest absolute Gasteiger partial charge is 0.0534 e. The Morgan fingerprint density at radius 2 is 1.44 bits per heavy atom. The molecule has 0 unspecified atom stereocenters. The van der Waals surface area contributed by atoms with E-state index in [0.717, 1.165) is 11.3 Å². The molecule has 0 fully saturated rings. The van der Waals surface area contributed by atoms with Gasteiger partial charge in [-0.15, -0.1) is 0 Å². The van der Waals surface area contributed by atoms with Gasteiger partial charge in [0.15, 0.2) is 0 Å². The fourth-order valence-corrected chi connectivity index (χ4v) is 3.28. The van der Waals surface area contributed by atoms with Gasteiger partial charge in [-0.05, 0) is 40.1 Å². The van der Waals surface area contributed by atoms with Crippen LogP contribution in [0, 0.1) is 0 Å². The highest BCUT2D eigenvalue weighted by Crippen LogP contribution is 2.40. The third-order valence-corrected chi connectivity index (χ3v) is 4.46. The monoisotopic (exact) mass is 321 g/mol. The molecule has 0 spiro atoms. The minimum atomic E-state index is 1.14. The molecule has 0 radical (unpaired) electrons. The van der Waals surface area contributed by atoms with Gasteiger partial charge in [0.2, 0.25) is 0 Å². The molecule has 0 N–H and O–H groups in total. The minimum Gasteiger partial charge on any atom is -0.323 e. The van der Waals surface area contributed by atoms with E-state index in [0.29, 0.717) is 0 Å². The zero-order chi connectivity index (χ0) is 17.1. The number of benzene rings is 3. The van der Waals surface area contributed by atoms with E-state index in [-0.39, 0.29) is 0 Å². The second-order valence-corrected chi connectivity index (χ2v) is 5.95. The highest BCUT2D eigenvalue weighted by Gasteiger charge is 2.15. The molecule has 0 atom stereocenters. The maximum absolute atomic E-state index is 4.00. The summed E-state index contributed by atoms with van der Waals surface area (Å²) in [5.41, 5.74) is 4.72. The Hall–Kier alpha value is -3.32. The summed E-state index contributed by atoms with van der Waals surface area (Å²) in [6, 6.07) is 21.3. The van der Waals surface area contributed by atoms with E-state index in [1.807, 2.05) is 18.2 Å². The predicted molar refractivity (Wildman–Crippen MR) is 109 cm³/mol. The van der Waals surface area contributed by atoms with E-state index in [9.17, 15) is 0 Å². The molecule has 0 saturated carbocycles. The maximum atomic E-state index is 4.00. The molecule has 0 aliphatic carbocycles. The lowest BCUT2D eigenvalue weighted by Crippen LogP contribution is -2.08. The Bertz CT molecular complexity index is 1010. The van der Waals surface area contributed by atoms with Crippen LogP contribution in [0.15, 0.2) is 104 Å². The van der Waals surface area contributed by atoms with Crippen molar-refractivity contribution < 1.29 is 0 Å². The number of hydrogen-bond acceptors (Lipinski definition) is 1. The molecule has 3 aromatic rings. The first-order valence-electron chi connectivity index (χ1n) is 8.42. The highest BCUT2D eigenvalue weighted by molar-refractivity contribution is 6.05. The van der Waals surface area contributed by atoms with E-state index in [2.05, 4.69) is 96.7 Å². The lowest BCUT2D eigenvalue weighted by molar-refractivity contribution is 1.29. The van der Waals surface area contributed by atoms with Gasteiger partial charge in [0.05, 0.1) is 5.69 Å². The number of rotatable bonds is 3. The maximum Gasteiger partial charge on any atom is 0.0534 e. The SMILES string of the molecule is C=Cc1ccccc1-c1c(N2C=CC=CC=C2)ccc2ccccc12. The van der Waals surface area contributed by atoms with Crippen LogP contribution in [0.3, 0.4) is 0 Å². The number of fused-ring (bicyclic) bond motifs is 1. The number of hydrogen-bond donors (Lipinski definition) is 0. The summed E-state index contributed by atoms with van der Waals surface area (Å²) in [5, 5.41) is 2.48. The molecule has 0 bridgehead atoms. The van der Waals surface area contributed by atoms with Crippen LogP contribution >= 0.6 is 0 Å². The average molecular weight is 321 g/mol. The molecule has 3 aromatic carbocycles. The Balaban J connectivity index is 2.05. The van der Waals surface area contributed by atoms with Gasteiger partial charge in [-0.25, -0.2) is 0 Å². The molecular formula is C24H19N. The van der Waals surface area contributed by atoms with Crippen LogP contribution in [-0.2, 0) is 0 Å². The van der Waals surface area contributed by atoms with Gasteiger partial charge in [0.1, 0.15) is 0 Å². The molecule has 1 aliphatic rings. The van der Waals surface area contributed by atoms with Crippen LogP contribution in [0.1, 0.15) is 5.56 Å². The van der Waals surface area contributed by atoms with Crippen molar-refractivity contribution >= 4 is 22.5 Å². The van der Waals surface area contributed by atoms with Gasteiger partial charge < -0.3 is 4.90 Å². The van der Waals surface area contributed by atoms with Crippen molar-refractivity contribution in [3.05, 3.63) is 110 Å². The lowest BCUT2D eigenvalue weighted by atomic mass is 9.92. The second-order valence-electron chi connectivity index (χ2n) is 5.95. The summed E-state index contributed by atoms with van der Waals surface area (Å²) in [6.07, 6.45) is 14.3. The van der Waals surface area contributed by atoms with Gasteiger partial charge in [-0.3, -0.25) is 0 Å². The lowest BCUT2D eigenvalue weighted by Gasteiger charge is -2.22. The minimum absolute atomic E-state index is 1.14. The zero-order valence-electron chi connectivity index (χ0n) is 14.0. The summed E-state index contributed by atoms with van der Waals surface area (Å²) in [5.74, 6) is 0. The number of nitrogens with zero attached hydrogens (tertiary/aromatic N) is 1. The first-order chi connectivity index (χ1) is 12.4. The van der Waals surface area contributed by atoms with Crippen LogP contribution < -0.4 is 4.90 Å². The first kappa shape index (κ1) is 15.2. The van der Waals surface area contributed by atoms with Crippen LogP contribution in [0.2, 0.25) is 0 Å². The molecular weight excluding hydrogens is 302 g/mol. The van der Waals surface area contributed by atoms with Crippen molar-refractivity contribution in [3.8, 4) is 11.1 Å². The van der Waals surface area contributed by atoms with Crippen molar-refractivity contribution in [3.63, 3.8) is 0 Å². The average Bonchev–Trinajstić information content (AvgIpc) is 2.96. The van der Waals surface area contributed by atoms with Gasteiger partial charge in [0.25, 0.3) is 0 Å². The third-order valence-electron chi connectivity index (χ3n) is 4.46. The number of allylic oxidation sites excluding steroid dienone is 4. The largest absolute Gasteiger partial charge is 0.323 e. The Morgan fingerprint density at radius 3 is 2.24 bits per heavy atom. The van der Waals surface area contributed by atoms with E-state index in [1.165, 1.54) is 21.9 Å². The van der Waals surface area contributed by atoms with Gasteiger partial charge in [-0.2, -0.15) is 0 Å². The van der Waals surface area contributed by atoms with E-state index in [1.54, 1.807) is 0 Å². The number of anilines is 1. The van der Waals surface area contributed by atoms with Crippen LogP contribution in [0.5, 0.6) is 0 Å². The predicted octanol–water partition coefficient (Wildman–Crippen LogP) is 6.55. The summed E-state index contributed by atoms with van der Waals surface area (Å²) < 4.78 is 0. The Labute approximate surface area is 148 Å². The molecule has 0 amide bonds. The normalized spacial score (nSPS) is 13.2. The van der Waals surface area contributed by atoms with Crippen molar-refractivity contribution in [2.24, 2.45) is 0 Å². The molecule has 1 nitrogen and oxygen atoms in total. The first-order valence-corrected chi connectivity index (χ1v) is 8.42. The standard InChI is InChI=1S/C24H19N/c1-2-19-11-5-7-13-21(19)24-22-14-8-6-12-20(22)15-16-23(24)25-17-9-3-4-10-18-25/h2-18H,1H2. The fraction of sp³-hybridized carbons (Fsp3) is 0.